The predicted octanol–water partition coefficient (Wildman–Crippen LogP) is 4.47. The maximum atomic E-state index is 12.3. The number of alkyl halides is 1. The Morgan fingerprint density at radius 1 is 1.30 bits per heavy atom. The summed E-state index contributed by atoms with van der Waals surface area (Å²) in [6, 6.07) is 9.72. The molecule has 2 aromatic rings. The van der Waals surface area contributed by atoms with E-state index < -0.39 is 5.41 Å². The largest absolute Gasteiger partial charge is 0.407 e. The predicted molar refractivity (Wildman–Crippen MR) is 92.5 cm³/mol. The number of carbonyl (C=O) groups excluding carboxylic acids is 1. The number of halogens is 1. The number of ether oxygens (including phenoxy) is 1. The first-order valence-electron chi connectivity index (χ1n) is 7.70. The smallest absolute Gasteiger partial charge is 0.319 e. The molecular weight excluding hydrogens is 312 g/mol. The summed E-state index contributed by atoms with van der Waals surface area (Å²) < 4.78 is 7.26. The van der Waals surface area contributed by atoms with E-state index in [1.54, 1.807) is 18.5 Å². The van der Waals surface area contributed by atoms with E-state index in [1.807, 2.05) is 37.3 Å². The normalized spacial score (nSPS) is 11.8. The molecule has 0 saturated heterocycles. The summed E-state index contributed by atoms with van der Waals surface area (Å²) in [4.78, 5) is 12.3. The number of nitrogens with zero attached hydrogens (tertiary/aromatic N) is 2. The van der Waals surface area contributed by atoms with Gasteiger partial charge in [-0.05, 0) is 38.8 Å². The SMILES string of the molecule is Cc1ccc(-n2nc(C(C)C)cc2OC(=O)C(C)(C)CCl)cc1. The second-order valence-corrected chi connectivity index (χ2v) is 6.98. The van der Waals surface area contributed by atoms with Gasteiger partial charge in [0, 0.05) is 11.9 Å². The minimum absolute atomic E-state index is 0.196. The quantitative estimate of drug-likeness (QED) is 0.598. The van der Waals surface area contributed by atoms with Gasteiger partial charge in [-0.15, -0.1) is 11.6 Å². The average molecular weight is 335 g/mol. The average Bonchev–Trinajstić information content (AvgIpc) is 2.92. The first kappa shape index (κ1) is 17.5. The van der Waals surface area contributed by atoms with Crippen LogP contribution in [0.1, 0.15) is 44.9 Å². The number of carbonyl (C=O) groups is 1. The zero-order valence-corrected chi connectivity index (χ0v) is 15.0. The fraction of sp³-hybridized carbons (Fsp3) is 0.444. The highest BCUT2D eigenvalue weighted by Gasteiger charge is 2.30. The van der Waals surface area contributed by atoms with Crippen molar-refractivity contribution in [2.45, 2.75) is 40.5 Å². The maximum Gasteiger partial charge on any atom is 0.319 e. The van der Waals surface area contributed by atoms with Crippen molar-refractivity contribution in [3.05, 3.63) is 41.6 Å². The van der Waals surface area contributed by atoms with Gasteiger partial charge in [0.2, 0.25) is 5.88 Å². The molecule has 5 heteroatoms. The zero-order valence-electron chi connectivity index (χ0n) is 14.3. The van der Waals surface area contributed by atoms with Crippen LogP contribution in [0.25, 0.3) is 5.69 Å². The molecular formula is C18H23ClN2O2. The number of esters is 1. The lowest BCUT2D eigenvalue weighted by atomic mass is 9.97. The van der Waals surface area contributed by atoms with Crippen LogP contribution >= 0.6 is 11.6 Å². The van der Waals surface area contributed by atoms with Crippen LogP contribution < -0.4 is 4.74 Å². The number of aromatic nitrogens is 2. The molecule has 0 atom stereocenters. The van der Waals surface area contributed by atoms with Gasteiger partial charge in [0.25, 0.3) is 0 Å². The summed E-state index contributed by atoms with van der Waals surface area (Å²) in [5.74, 6) is 0.485. The van der Waals surface area contributed by atoms with Crippen molar-refractivity contribution < 1.29 is 9.53 Å². The fourth-order valence-corrected chi connectivity index (χ4v) is 2.00. The Labute approximate surface area is 142 Å². The highest BCUT2D eigenvalue weighted by Crippen LogP contribution is 2.27. The first-order valence-corrected chi connectivity index (χ1v) is 8.23. The summed E-state index contributed by atoms with van der Waals surface area (Å²) >= 11 is 5.86. The Morgan fingerprint density at radius 2 is 1.91 bits per heavy atom. The molecule has 0 unspecified atom stereocenters. The molecule has 124 valence electrons. The van der Waals surface area contributed by atoms with Gasteiger partial charge in [0.15, 0.2) is 0 Å². The van der Waals surface area contributed by atoms with Crippen molar-refractivity contribution in [1.82, 2.24) is 9.78 Å². The summed E-state index contributed by atoms with van der Waals surface area (Å²) in [5.41, 5.74) is 2.14. The van der Waals surface area contributed by atoms with E-state index in [9.17, 15) is 4.79 Å². The van der Waals surface area contributed by atoms with Crippen LogP contribution in [0.5, 0.6) is 5.88 Å². The van der Waals surface area contributed by atoms with Gasteiger partial charge in [0.1, 0.15) is 0 Å². The summed E-state index contributed by atoms with van der Waals surface area (Å²) in [5, 5.41) is 4.58. The van der Waals surface area contributed by atoms with Gasteiger partial charge in [-0.2, -0.15) is 5.10 Å². The summed E-state index contributed by atoms with van der Waals surface area (Å²) in [7, 11) is 0. The van der Waals surface area contributed by atoms with Crippen molar-refractivity contribution >= 4 is 17.6 Å². The van der Waals surface area contributed by atoms with Crippen LogP contribution in [0.3, 0.4) is 0 Å². The Bertz CT molecular complexity index is 688. The molecule has 0 radical (unpaired) electrons. The molecule has 0 aliphatic carbocycles. The van der Waals surface area contributed by atoms with E-state index in [0.717, 1.165) is 16.9 Å². The van der Waals surface area contributed by atoms with Crippen molar-refractivity contribution in [2.75, 3.05) is 5.88 Å². The standard InChI is InChI=1S/C18H23ClN2O2/c1-12(2)15-10-16(23-17(22)18(4,5)11-19)21(20-15)14-8-6-13(3)7-9-14/h6-10,12H,11H2,1-5H3. The number of hydrogen-bond acceptors (Lipinski definition) is 3. The molecule has 2 rings (SSSR count). The molecule has 0 aliphatic rings. The van der Waals surface area contributed by atoms with Gasteiger partial charge in [0.05, 0.1) is 16.8 Å². The number of hydrogen-bond donors (Lipinski definition) is 0. The van der Waals surface area contributed by atoms with E-state index in [-0.39, 0.29) is 17.8 Å². The second kappa shape index (κ2) is 6.75. The molecule has 0 N–H and O–H groups in total. The van der Waals surface area contributed by atoms with Crippen molar-refractivity contribution in [1.29, 1.82) is 0 Å². The molecule has 0 amide bonds. The zero-order chi connectivity index (χ0) is 17.2. The van der Waals surface area contributed by atoms with Crippen LogP contribution in [-0.4, -0.2) is 21.6 Å². The first-order chi connectivity index (χ1) is 10.7. The van der Waals surface area contributed by atoms with Gasteiger partial charge in [-0.1, -0.05) is 31.5 Å². The molecule has 0 bridgehead atoms. The lowest BCUT2D eigenvalue weighted by molar-refractivity contribution is -0.143. The van der Waals surface area contributed by atoms with Gasteiger partial charge < -0.3 is 4.74 Å². The van der Waals surface area contributed by atoms with Gasteiger partial charge in [-0.3, -0.25) is 4.79 Å². The third-order valence-corrected chi connectivity index (χ3v) is 4.32. The minimum Gasteiger partial charge on any atom is -0.407 e. The van der Waals surface area contributed by atoms with Crippen LogP contribution in [-0.2, 0) is 4.79 Å². The van der Waals surface area contributed by atoms with Crippen LogP contribution in [0.15, 0.2) is 30.3 Å². The molecule has 1 aromatic heterocycles. The van der Waals surface area contributed by atoms with Gasteiger partial charge in [-0.25, -0.2) is 4.68 Å². The van der Waals surface area contributed by atoms with Crippen molar-refractivity contribution in [2.24, 2.45) is 5.41 Å². The number of aryl methyl sites for hydroxylation is 1. The lowest BCUT2D eigenvalue weighted by Gasteiger charge is -2.19. The third kappa shape index (κ3) is 3.94. The maximum absolute atomic E-state index is 12.3. The van der Waals surface area contributed by atoms with Crippen molar-refractivity contribution in [3.63, 3.8) is 0 Å². The Morgan fingerprint density at radius 3 is 2.43 bits per heavy atom. The topological polar surface area (TPSA) is 44.1 Å². The van der Waals surface area contributed by atoms with E-state index in [0.29, 0.717) is 5.88 Å². The number of rotatable bonds is 5. The van der Waals surface area contributed by atoms with Crippen LogP contribution in [0.4, 0.5) is 0 Å². The molecule has 0 spiro atoms. The Kier molecular flexibility index (Phi) is 5.15. The van der Waals surface area contributed by atoms with Crippen LogP contribution in [0, 0.1) is 12.3 Å². The molecule has 1 aromatic carbocycles. The van der Waals surface area contributed by atoms with E-state index in [2.05, 4.69) is 18.9 Å². The second-order valence-electron chi connectivity index (χ2n) is 6.72. The van der Waals surface area contributed by atoms with Gasteiger partial charge >= 0.3 is 5.97 Å². The Hall–Kier alpha value is -1.81. The minimum atomic E-state index is -0.748. The van der Waals surface area contributed by atoms with E-state index in [4.69, 9.17) is 16.3 Å². The third-order valence-electron chi connectivity index (χ3n) is 3.65. The number of benzene rings is 1. The molecule has 4 nitrogen and oxygen atoms in total. The molecule has 23 heavy (non-hydrogen) atoms. The summed E-state index contributed by atoms with van der Waals surface area (Å²) in [6.07, 6.45) is 0. The molecule has 0 fully saturated rings. The highest BCUT2D eigenvalue weighted by atomic mass is 35.5. The lowest BCUT2D eigenvalue weighted by Crippen LogP contribution is -2.31. The summed E-state index contributed by atoms with van der Waals surface area (Å²) in [6.45, 7) is 9.65. The van der Waals surface area contributed by atoms with Crippen molar-refractivity contribution in [3.8, 4) is 11.6 Å². The molecule has 1 heterocycles. The van der Waals surface area contributed by atoms with E-state index in [1.165, 1.54) is 0 Å². The molecule has 0 aliphatic heterocycles. The monoisotopic (exact) mass is 334 g/mol. The Balaban J connectivity index is 2.42. The fourth-order valence-electron chi connectivity index (χ4n) is 1.89. The van der Waals surface area contributed by atoms with Crippen LogP contribution in [0.2, 0.25) is 0 Å². The molecule has 0 saturated carbocycles. The highest BCUT2D eigenvalue weighted by molar-refractivity contribution is 6.19. The van der Waals surface area contributed by atoms with E-state index >= 15 is 0 Å².